The highest BCUT2D eigenvalue weighted by Crippen LogP contribution is 2.09. The predicted molar refractivity (Wildman–Crippen MR) is 70.3 cm³/mol. The van der Waals surface area contributed by atoms with Crippen molar-refractivity contribution in [3.05, 3.63) is 35.4 Å². The number of thioether (sulfide) groups is 1. The Labute approximate surface area is 106 Å². The van der Waals surface area contributed by atoms with Gasteiger partial charge in [-0.15, -0.1) is 0 Å². The summed E-state index contributed by atoms with van der Waals surface area (Å²) in [6.45, 7) is 4.73. The van der Waals surface area contributed by atoms with E-state index in [-0.39, 0.29) is 0 Å². The maximum absolute atomic E-state index is 12.9. The van der Waals surface area contributed by atoms with Crippen molar-refractivity contribution in [2.24, 2.45) is 0 Å². The summed E-state index contributed by atoms with van der Waals surface area (Å²) in [7, 11) is 0. The van der Waals surface area contributed by atoms with Crippen LogP contribution in [0.25, 0.3) is 0 Å². The lowest BCUT2D eigenvalue weighted by molar-refractivity contribution is 0.529. The second kappa shape index (κ2) is 7.67. The van der Waals surface area contributed by atoms with E-state index in [1.54, 1.807) is 0 Å². The van der Waals surface area contributed by atoms with Gasteiger partial charge in [-0.1, -0.05) is 6.92 Å². The molecule has 0 saturated carbocycles. The molecule has 0 spiro atoms. The minimum absolute atomic E-state index is 0.361. The topological polar surface area (TPSA) is 12.0 Å². The zero-order valence-corrected chi connectivity index (χ0v) is 11.1. The molecule has 0 heterocycles. The van der Waals surface area contributed by atoms with Crippen molar-refractivity contribution in [2.45, 2.75) is 32.9 Å². The first kappa shape index (κ1) is 14.5. The normalized spacial score (nSPS) is 12.7. The minimum Gasteiger partial charge on any atom is -0.310 e. The van der Waals surface area contributed by atoms with Crippen LogP contribution >= 0.6 is 11.8 Å². The SMILES string of the molecule is CCSCCC(C)NCc1cc(F)cc(F)c1. The molecule has 1 atom stereocenters. The Hall–Kier alpha value is -0.610. The molecular formula is C13H19F2NS. The summed E-state index contributed by atoms with van der Waals surface area (Å²) in [6.07, 6.45) is 1.07. The molecule has 0 amide bonds. The largest absolute Gasteiger partial charge is 0.310 e. The van der Waals surface area contributed by atoms with E-state index in [4.69, 9.17) is 0 Å². The third kappa shape index (κ3) is 6.03. The van der Waals surface area contributed by atoms with E-state index < -0.39 is 11.6 Å². The van der Waals surface area contributed by atoms with E-state index in [0.29, 0.717) is 18.2 Å². The molecule has 0 saturated heterocycles. The molecule has 0 bridgehead atoms. The molecule has 4 heteroatoms. The lowest BCUT2D eigenvalue weighted by atomic mass is 10.2. The lowest BCUT2D eigenvalue weighted by Gasteiger charge is -2.13. The summed E-state index contributed by atoms with van der Waals surface area (Å²) in [5, 5.41) is 3.27. The van der Waals surface area contributed by atoms with Crippen LogP contribution in [0, 0.1) is 11.6 Å². The molecule has 1 nitrogen and oxygen atoms in total. The minimum atomic E-state index is -0.518. The van der Waals surface area contributed by atoms with Crippen LogP contribution in [0.5, 0.6) is 0 Å². The van der Waals surface area contributed by atoms with Gasteiger partial charge in [-0.3, -0.25) is 0 Å². The van der Waals surface area contributed by atoms with Crippen LogP contribution in [-0.2, 0) is 6.54 Å². The molecule has 1 aromatic rings. The van der Waals surface area contributed by atoms with E-state index in [9.17, 15) is 8.78 Å². The second-order valence-corrected chi connectivity index (χ2v) is 5.44. The monoisotopic (exact) mass is 259 g/mol. The van der Waals surface area contributed by atoms with Gasteiger partial charge in [0.1, 0.15) is 11.6 Å². The quantitative estimate of drug-likeness (QED) is 0.751. The molecule has 0 aliphatic heterocycles. The molecule has 96 valence electrons. The van der Waals surface area contributed by atoms with Gasteiger partial charge in [0, 0.05) is 18.7 Å². The average molecular weight is 259 g/mol. The maximum atomic E-state index is 12.9. The third-order valence-electron chi connectivity index (χ3n) is 2.48. The lowest BCUT2D eigenvalue weighted by Crippen LogP contribution is -2.26. The predicted octanol–water partition coefficient (Wildman–Crippen LogP) is 3.59. The first-order chi connectivity index (χ1) is 8.11. The first-order valence-electron chi connectivity index (χ1n) is 5.88. The molecule has 0 aromatic heterocycles. The molecule has 1 N–H and O–H groups in total. The Morgan fingerprint density at radius 3 is 2.47 bits per heavy atom. The molecule has 17 heavy (non-hydrogen) atoms. The van der Waals surface area contributed by atoms with Crippen molar-refractivity contribution < 1.29 is 8.78 Å². The molecule has 1 unspecified atom stereocenters. The summed E-state index contributed by atoms with van der Waals surface area (Å²) in [5.74, 6) is 1.20. The van der Waals surface area contributed by atoms with Crippen molar-refractivity contribution in [3.8, 4) is 0 Å². The van der Waals surface area contributed by atoms with Crippen molar-refractivity contribution in [3.63, 3.8) is 0 Å². The summed E-state index contributed by atoms with van der Waals surface area (Å²) >= 11 is 1.90. The van der Waals surface area contributed by atoms with Crippen molar-refractivity contribution in [1.82, 2.24) is 5.32 Å². The van der Waals surface area contributed by atoms with Gasteiger partial charge in [0.2, 0.25) is 0 Å². The van der Waals surface area contributed by atoms with Crippen LogP contribution < -0.4 is 5.32 Å². The highest BCUT2D eigenvalue weighted by Gasteiger charge is 2.04. The Kier molecular flexibility index (Phi) is 6.52. The van der Waals surface area contributed by atoms with Gasteiger partial charge < -0.3 is 5.32 Å². The molecule has 1 aromatic carbocycles. The maximum Gasteiger partial charge on any atom is 0.126 e. The van der Waals surface area contributed by atoms with E-state index in [2.05, 4.69) is 19.2 Å². The summed E-state index contributed by atoms with van der Waals surface area (Å²) in [4.78, 5) is 0. The highest BCUT2D eigenvalue weighted by molar-refractivity contribution is 7.99. The number of halogens is 2. The van der Waals surface area contributed by atoms with E-state index in [1.807, 2.05) is 11.8 Å². The van der Waals surface area contributed by atoms with Crippen molar-refractivity contribution >= 4 is 11.8 Å². The number of nitrogens with one attached hydrogen (secondary N) is 1. The summed E-state index contributed by atoms with van der Waals surface area (Å²) < 4.78 is 25.9. The smallest absolute Gasteiger partial charge is 0.126 e. The number of hydrogen-bond donors (Lipinski definition) is 1. The summed E-state index contributed by atoms with van der Waals surface area (Å²) in [6, 6.07) is 3.98. The van der Waals surface area contributed by atoms with Gasteiger partial charge in [-0.2, -0.15) is 11.8 Å². The van der Waals surface area contributed by atoms with Gasteiger partial charge in [-0.25, -0.2) is 8.78 Å². The third-order valence-corrected chi connectivity index (χ3v) is 3.41. The van der Waals surface area contributed by atoms with Gasteiger partial charge in [0.05, 0.1) is 0 Å². The molecule has 0 aliphatic rings. The fraction of sp³-hybridized carbons (Fsp3) is 0.538. The fourth-order valence-electron chi connectivity index (χ4n) is 1.51. The van der Waals surface area contributed by atoms with Gasteiger partial charge in [0.15, 0.2) is 0 Å². The summed E-state index contributed by atoms with van der Waals surface area (Å²) in [5.41, 5.74) is 0.650. The Morgan fingerprint density at radius 2 is 1.88 bits per heavy atom. The van der Waals surface area contributed by atoms with Crippen LogP contribution in [0.2, 0.25) is 0 Å². The van der Waals surface area contributed by atoms with E-state index in [0.717, 1.165) is 24.0 Å². The van der Waals surface area contributed by atoms with E-state index in [1.165, 1.54) is 12.1 Å². The Bertz CT molecular complexity index is 324. The molecule has 1 rings (SSSR count). The Morgan fingerprint density at radius 1 is 1.24 bits per heavy atom. The van der Waals surface area contributed by atoms with E-state index >= 15 is 0 Å². The average Bonchev–Trinajstić information content (AvgIpc) is 2.25. The number of rotatable bonds is 7. The van der Waals surface area contributed by atoms with Crippen LogP contribution in [0.4, 0.5) is 8.78 Å². The standard InChI is InChI=1S/C13H19F2NS/c1-3-17-5-4-10(2)16-9-11-6-12(14)8-13(15)7-11/h6-8,10,16H,3-5,9H2,1-2H3. The zero-order chi connectivity index (χ0) is 12.7. The molecule has 0 fully saturated rings. The van der Waals surface area contributed by atoms with Crippen LogP contribution in [0.1, 0.15) is 25.8 Å². The van der Waals surface area contributed by atoms with Gasteiger partial charge >= 0.3 is 0 Å². The van der Waals surface area contributed by atoms with Crippen molar-refractivity contribution in [2.75, 3.05) is 11.5 Å². The first-order valence-corrected chi connectivity index (χ1v) is 7.03. The zero-order valence-electron chi connectivity index (χ0n) is 10.3. The Balaban J connectivity index is 2.34. The number of benzene rings is 1. The van der Waals surface area contributed by atoms with Crippen molar-refractivity contribution in [1.29, 1.82) is 0 Å². The van der Waals surface area contributed by atoms with Crippen LogP contribution in [0.3, 0.4) is 0 Å². The van der Waals surface area contributed by atoms with Gasteiger partial charge in [0.25, 0.3) is 0 Å². The molecular weight excluding hydrogens is 240 g/mol. The van der Waals surface area contributed by atoms with Crippen LogP contribution in [0.15, 0.2) is 18.2 Å². The molecule has 0 radical (unpaired) electrons. The number of hydrogen-bond acceptors (Lipinski definition) is 2. The van der Waals surface area contributed by atoms with Crippen LogP contribution in [-0.4, -0.2) is 17.5 Å². The molecule has 0 aliphatic carbocycles. The second-order valence-electron chi connectivity index (χ2n) is 4.05. The fourth-order valence-corrected chi connectivity index (χ4v) is 2.32. The van der Waals surface area contributed by atoms with Gasteiger partial charge in [-0.05, 0) is 42.5 Å². The highest BCUT2D eigenvalue weighted by atomic mass is 32.2.